The molecule has 1 aromatic carbocycles. The zero-order valence-corrected chi connectivity index (χ0v) is 13.7. The third-order valence-electron chi connectivity index (χ3n) is 3.97. The van der Waals surface area contributed by atoms with E-state index in [4.69, 9.17) is 0 Å². The lowest BCUT2D eigenvalue weighted by molar-refractivity contribution is -0.122. The second-order valence-electron chi connectivity index (χ2n) is 5.82. The van der Waals surface area contributed by atoms with Gasteiger partial charge in [0.15, 0.2) is 0 Å². The van der Waals surface area contributed by atoms with E-state index in [2.05, 4.69) is 41.5 Å². The summed E-state index contributed by atoms with van der Waals surface area (Å²) in [5, 5.41) is 3.06. The zero-order valence-electron chi connectivity index (χ0n) is 12.9. The minimum atomic E-state index is 0.231. The number of likely N-dealkylation sites (tertiary alicyclic amines) is 1. The van der Waals surface area contributed by atoms with Gasteiger partial charge in [-0.15, -0.1) is 11.8 Å². The summed E-state index contributed by atoms with van der Waals surface area (Å²) in [6.45, 7) is 3.06. The van der Waals surface area contributed by atoms with Crippen LogP contribution < -0.4 is 5.32 Å². The fourth-order valence-electron chi connectivity index (χ4n) is 2.61. The maximum Gasteiger partial charge on any atom is 0.220 e. The van der Waals surface area contributed by atoms with E-state index in [0.29, 0.717) is 12.3 Å². The van der Waals surface area contributed by atoms with Gasteiger partial charge in [0.25, 0.3) is 0 Å². The first-order chi connectivity index (χ1) is 10.2. The van der Waals surface area contributed by atoms with Gasteiger partial charge in [0.2, 0.25) is 5.91 Å². The number of hydrogen-bond donors (Lipinski definition) is 1. The van der Waals surface area contributed by atoms with Crippen molar-refractivity contribution in [2.24, 2.45) is 5.92 Å². The van der Waals surface area contributed by atoms with Crippen molar-refractivity contribution in [1.29, 1.82) is 0 Å². The number of amides is 1. The molecule has 0 aliphatic carbocycles. The lowest BCUT2D eigenvalue weighted by Gasteiger charge is -2.28. The predicted molar refractivity (Wildman–Crippen MR) is 89.6 cm³/mol. The number of hydrogen-bond acceptors (Lipinski definition) is 3. The molecule has 21 heavy (non-hydrogen) atoms. The molecule has 3 nitrogen and oxygen atoms in total. The normalized spacial score (nSPS) is 16.8. The molecule has 0 radical (unpaired) electrons. The van der Waals surface area contributed by atoms with E-state index in [0.717, 1.165) is 44.6 Å². The Morgan fingerprint density at radius 3 is 2.71 bits per heavy atom. The molecule has 1 aromatic rings. The molecular weight excluding hydrogens is 280 g/mol. The Labute approximate surface area is 132 Å². The van der Waals surface area contributed by atoms with Crippen molar-refractivity contribution >= 4 is 17.7 Å². The summed E-state index contributed by atoms with van der Waals surface area (Å²) >= 11 is 1.85. The van der Waals surface area contributed by atoms with E-state index in [-0.39, 0.29) is 5.91 Å². The number of piperidine rings is 1. The number of carbonyl (C=O) groups excluding carboxylic acids is 1. The highest BCUT2D eigenvalue weighted by Gasteiger charge is 2.19. The largest absolute Gasteiger partial charge is 0.356 e. The van der Waals surface area contributed by atoms with Gasteiger partial charge >= 0.3 is 0 Å². The van der Waals surface area contributed by atoms with Crippen LogP contribution in [0.4, 0.5) is 0 Å². The van der Waals surface area contributed by atoms with Gasteiger partial charge in [-0.3, -0.25) is 4.79 Å². The number of rotatable bonds is 7. The molecule has 0 aromatic heterocycles. The van der Waals surface area contributed by atoms with Crippen LogP contribution in [0.2, 0.25) is 0 Å². The molecule has 1 heterocycles. The summed E-state index contributed by atoms with van der Waals surface area (Å²) in [6, 6.07) is 10.4. The topological polar surface area (TPSA) is 32.3 Å². The predicted octanol–water partition coefficient (Wildman–Crippen LogP) is 3.02. The number of carbonyl (C=O) groups is 1. The van der Waals surface area contributed by atoms with Gasteiger partial charge in [-0.25, -0.2) is 0 Å². The standard InChI is InChI=1S/C17H26N2OS/c1-19-11-8-15(9-12-19)14-17(20)18-10-5-13-21-16-6-3-2-4-7-16/h2-4,6-7,15H,5,8-14H2,1H3,(H,18,20). The molecule has 0 atom stereocenters. The molecule has 4 heteroatoms. The van der Waals surface area contributed by atoms with Crippen LogP contribution in [0.15, 0.2) is 35.2 Å². The fraction of sp³-hybridized carbons (Fsp3) is 0.588. The van der Waals surface area contributed by atoms with Crippen LogP contribution >= 0.6 is 11.8 Å². The number of thioether (sulfide) groups is 1. The summed E-state index contributed by atoms with van der Waals surface area (Å²) in [6.07, 6.45) is 4.06. The van der Waals surface area contributed by atoms with Gasteiger partial charge in [-0.2, -0.15) is 0 Å². The van der Waals surface area contributed by atoms with Gasteiger partial charge in [-0.1, -0.05) is 18.2 Å². The summed E-state index contributed by atoms with van der Waals surface area (Å²) < 4.78 is 0. The van der Waals surface area contributed by atoms with Crippen molar-refractivity contribution in [2.45, 2.75) is 30.6 Å². The molecule has 1 N–H and O–H groups in total. The van der Waals surface area contributed by atoms with E-state index in [1.165, 1.54) is 4.90 Å². The molecule has 1 aliphatic rings. The van der Waals surface area contributed by atoms with Gasteiger partial charge in [-0.05, 0) is 63.2 Å². The Morgan fingerprint density at radius 1 is 1.29 bits per heavy atom. The Kier molecular flexibility index (Phi) is 7.10. The maximum atomic E-state index is 11.9. The summed E-state index contributed by atoms with van der Waals surface area (Å²) in [5.41, 5.74) is 0. The smallest absolute Gasteiger partial charge is 0.220 e. The van der Waals surface area contributed by atoms with Crippen molar-refractivity contribution in [3.8, 4) is 0 Å². The monoisotopic (exact) mass is 306 g/mol. The van der Waals surface area contributed by atoms with Crippen molar-refractivity contribution in [3.05, 3.63) is 30.3 Å². The molecule has 1 aliphatic heterocycles. The summed E-state index contributed by atoms with van der Waals surface area (Å²) in [5.74, 6) is 1.87. The van der Waals surface area contributed by atoms with E-state index >= 15 is 0 Å². The first kappa shape index (κ1) is 16.4. The lowest BCUT2D eigenvalue weighted by atomic mass is 9.93. The van der Waals surface area contributed by atoms with E-state index in [1.807, 2.05) is 17.8 Å². The molecule has 0 bridgehead atoms. The maximum absolute atomic E-state index is 11.9. The molecular formula is C17H26N2OS. The second kappa shape index (κ2) is 9.11. The second-order valence-corrected chi connectivity index (χ2v) is 6.98. The highest BCUT2D eigenvalue weighted by molar-refractivity contribution is 7.99. The van der Waals surface area contributed by atoms with Crippen molar-refractivity contribution in [3.63, 3.8) is 0 Å². The van der Waals surface area contributed by atoms with Crippen LogP contribution in [-0.4, -0.2) is 43.2 Å². The minimum Gasteiger partial charge on any atom is -0.356 e. The average Bonchev–Trinajstić information content (AvgIpc) is 2.50. The fourth-order valence-corrected chi connectivity index (χ4v) is 3.48. The molecule has 0 saturated carbocycles. The van der Waals surface area contributed by atoms with Crippen LogP contribution in [0.1, 0.15) is 25.7 Å². The molecule has 1 amide bonds. The Hall–Kier alpha value is -1.00. The third-order valence-corrected chi connectivity index (χ3v) is 5.07. The van der Waals surface area contributed by atoms with Crippen molar-refractivity contribution < 1.29 is 4.79 Å². The van der Waals surface area contributed by atoms with E-state index < -0.39 is 0 Å². The van der Waals surface area contributed by atoms with Gasteiger partial charge < -0.3 is 10.2 Å². The SMILES string of the molecule is CN1CCC(CC(=O)NCCCSc2ccccc2)CC1. The average molecular weight is 306 g/mol. The number of nitrogens with zero attached hydrogens (tertiary/aromatic N) is 1. The Balaban J connectivity index is 1.51. The summed E-state index contributed by atoms with van der Waals surface area (Å²) in [4.78, 5) is 15.5. The van der Waals surface area contributed by atoms with E-state index in [9.17, 15) is 4.79 Å². The van der Waals surface area contributed by atoms with Gasteiger partial charge in [0.05, 0.1) is 0 Å². The molecule has 0 spiro atoms. The first-order valence-electron chi connectivity index (χ1n) is 7.87. The van der Waals surface area contributed by atoms with Crippen LogP contribution in [0.25, 0.3) is 0 Å². The third kappa shape index (κ3) is 6.53. The van der Waals surface area contributed by atoms with Crippen molar-refractivity contribution in [1.82, 2.24) is 10.2 Å². The van der Waals surface area contributed by atoms with Crippen LogP contribution in [0.5, 0.6) is 0 Å². The number of nitrogens with one attached hydrogen (secondary N) is 1. The van der Waals surface area contributed by atoms with Gasteiger partial charge in [0, 0.05) is 17.9 Å². The highest BCUT2D eigenvalue weighted by atomic mass is 32.2. The first-order valence-corrected chi connectivity index (χ1v) is 8.85. The Morgan fingerprint density at radius 2 is 2.00 bits per heavy atom. The molecule has 2 rings (SSSR count). The highest BCUT2D eigenvalue weighted by Crippen LogP contribution is 2.19. The van der Waals surface area contributed by atoms with Crippen LogP contribution in [0, 0.1) is 5.92 Å². The molecule has 1 fully saturated rings. The Bertz CT molecular complexity index is 416. The molecule has 1 saturated heterocycles. The van der Waals surface area contributed by atoms with Crippen LogP contribution in [0.3, 0.4) is 0 Å². The molecule has 0 unspecified atom stereocenters. The summed E-state index contributed by atoms with van der Waals surface area (Å²) in [7, 11) is 2.15. The lowest BCUT2D eigenvalue weighted by Crippen LogP contribution is -2.33. The van der Waals surface area contributed by atoms with Gasteiger partial charge in [0.1, 0.15) is 0 Å². The van der Waals surface area contributed by atoms with E-state index in [1.54, 1.807) is 0 Å². The zero-order chi connectivity index (χ0) is 14.9. The minimum absolute atomic E-state index is 0.231. The quantitative estimate of drug-likeness (QED) is 0.621. The van der Waals surface area contributed by atoms with Crippen LogP contribution in [-0.2, 0) is 4.79 Å². The van der Waals surface area contributed by atoms with Crippen molar-refractivity contribution in [2.75, 3.05) is 32.4 Å². The number of benzene rings is 1. The molecule has 116 valence electrons.